The van der Waals surface area contributed by atoms with E-state index in [0.717, 1.165) is 5.56 Å². The Morgan fingerprint density at radius 3 is 2.48 bits per heavy atom. The Labute approximate surface area is 170 Å². The zero-order valence-corrected chi connectivity index (χ0v) is 17.0. The van der Waals surface area contributed by atoms with E-state index >= 15 is 0 Å². The highest BCUT2D eigenvalue weighted by Crippen LogP contribution is 2.31. The Balaban J connectivity index is 1.80. The number of nitrogen functional groups attached to an aromatic ring is 1. The van der Waals surface area contributed by atoms with Crippen molar-refractivity contribution < 1.29 is 23.8 Å². The molecule has 1 aromatic carbocycles. The number of carbonyl (C=O) groups excluding carboxylic acids is 2. The minimum absolute atomic E-state index is 0.0120. The lowest BCUT2D eigenvalue weighted by atomic mass is 10.0. The summed E-state index contributed by atoms with van der Waals surface area (Å²) < 4.78 is 16.3. The van der Waals surface area contributed by atoms with Gasteiger partial charge in [0.2, 0.25) is 0 Å². The lowest BCUT2D eigenvalue weighted by Gasteiger charge is -2.26. The molecule has 29 heavy (non-hydrogen) atoms. The van der Waals surface area contributed by atoms with E-state index in [1.807, 2.05) is 12.1 Å². The first-order valence-electron chi connectivity index (χ1n) is 9.65. The normalized spacial score (nSPS) is 27.1. The van der Waals surface area contributed by atoms with Crippen LogP contribution in [-0.4, -0.2) is 73.5 Å². The van der Waals surface area contributed by atoms with Gasteiger partial charge in [0.1, 0.15) is 11.9 Å². The molecular weight excluding hydrogens is 376 g/mol. The van der Waals surface area contributed by atoms with Crippen LogP contribution in [0.2, 0.25) is 0 Å². The number of imide groups is 1. The summed E-state index contributed by atoms with van der Waals surface area (Å²) >= 11 is 0. The van der Waals surface area contributed by atoms with Crippen molar-refractivity contribution in [2.45, 2.75) is 38.4 Å². The van der Waals surface area contributed by atoms with E-state index in [0.29, 0.717) is 31.5 Å². The molecule has 0 aliphatic carbocycles. The molecule has 0 bridgehead atoms. The van der Waals surface area contributed by atoms with Crippen molar-refractivity contribution in [2.75, 3.05) is 27.3 Å². The highest BCUT2D eigenvalue weighted by atomic mass is 16.8. The summed E-state index contributed by atoms with van der Waals surface area (Å²) in [7, 11) is 3.12. The summed E-state index contributed by atoms with van der Waals surface area (Å²) in [4.78, 5) is 28.7. The number of urea groups is 1. The van der Waals surface area contributed by atoms with Gasteiger partial charge in [-0.15, -0.1) is 0 Å². The SMILES string of the molecule is CCN1C(=O)[C@H](Cc2ccc(C(=N)N)cc2)N(CC2CC(OC)OC2OC)C1=O. The van der Waals surface area contributed by atoms with Crippen molar-refractivity contribution in [1.82, 2.24) is 9.80 Å². The molecule has 2 aliphatic heterocycles. The molecule has 3 amide bonds. The number of benzene rings is 1. The number of nitrogens with zero attached hydrogens (tertiary/aromatic N) is 2. The van der Waals surface area contributed by atoms with Crippen LogP contribution in [0.4, 0.5) is 4.79 Å². The lowest BCUT2D eigenvalue weighted by Crippen LogP contribution is -2.42. The number of hydrogen-bond acceptors (Lipinski definition) is 6. The minimum atomic E-state index is -0.593. The van der Waals surface area contributed by atoms with Crippen LogP contribution >= 0.6 is 0 Å². The molecule has 4 atom stereocenters. The molecule has 1 aromatic rings. The van der Waals surface area contributed by atoms with Crippen molar-refractivity contribution in [1.29, 1.82) is 5.41 Å². The van der Waals surface area contributed by atoms with Gasteiger partial charge in [0, 0.05) is 51.6 Å². The molecule has 2 aliphatic rings. The van der Waals surface area contributed by atoms with Gasteiger partial charge in [-0.3, -0.25) is 15.1 Å². The van der Waals surface area contributed by atoms with E-state index in [9.17, 15) is 9.59 Å². The number of likely N-dealkylation sites (N-methyl/N-ethyl adjacent to an activating group) is 1. The number of amides is 3. The first-order chi connectivity index (χ1) is 13.9. The van der Waals surface area contributed by atoms with Crippen LogP contribution in [0.1, 0.15) is 24.5 Å². The van der Waals surface area contributed by atoms with Gasteiger partial charge in [0.05, 0.1) is 0 Å². The van der Waals surface area contributed by atoms with Crippen molar-refractivity contribution in [3.8, 4) is 0 Å². The molecule has 0 spiro atoms. The first-order valence-corrected chi connectivity index (χ1v) is 9.65. The Hall–Kier alpha value is -2.49. The van der Waals surface area contributed by atoms with Gasteiger partial charge < -0.3 is 24.8 Å². The summed E-state index contributed by atoms with van der Waals surface area (Å²) in [6.07, 6.45) is 0.0874. The smallest absolute Gasteiger partial charge is 0.327 e. The predicted octanol–water partition coefficient (Wildman–Crippen LogP) is 1.15. The zero-order chi connectivity index (χ0) is 21.1. The Morgan fingerprint density at radius 1 is 1.24 bits per heavy atom. The van der Waals surface area contributed by atoms with Gasteiger partial charge in [-0.25, -0.2) is 4.79 Å². The number of amidine groups is 1. The van der Waals surface area contributed by atoms with Crippen molar-refractivity contribution in [2.24, 2.45) is 11.7 Å². The third-order valence-corrected chi connectivity index (χ3v) is 5.51. The molecule has 2 heterocycles. The van der Waals surface area contributed by atoms with Gasteiger partial charge in [0.15, 0.2) is 12.6 Å². The quantitative estimate of drug-likeness (QED) is 0.381. The van der Waals surface area contributed by atoms with Gasteiger partial charge >= 0.3 is 6.03 Å². The second-order valence-corrected chi connectivity index (χ2v) is 7.25. The van der Waals surface area contributed by atoms with E-state index in [2.05, 4.69) is 0 Å². The van der Waals surface area contributed by atoms with Crippen LogP contribution < -0.4 is 5.73 Å². The van der Waals surface area contributed by atoms with Crippen molar-refractivity contribution in [3.05, 3.63) is 35.4 Å². The third kappa shape index (κ3) is 4.26. The van der Waals surface area contributed by atoms with E-state index < -0.39 is 18.6 Å². The van der Waals surface area contributed by atoms with Gasteiger partial charge in [0.25, 0.3) is 5.91 Å². The molecule has 9 heteroatoms. The monoisotopic (exact) mass is 404 g/mol. The van der Waals surface area contributed by atoms with Gasteiger partial charge in [-0.1, -0.05) is 24.3 Å². The minimum Gasteiger partial charge on any atom is -0.384 e. The Kier molecular flexibility index (Phi) is 6.51. The van der Waals surface area contributed by atoms with E-state index in [1.54, 1.807) is 38.2 Å². The van der Waals surface area contributed by atoms with Crippen LogP contribution in [-0.2, 0) is 25.4 Å². The first kappa shape index (κ1) is 21.2. The average molecular weight is 404 g/mol. The largest absolute Gasteiger partial charge is 0.384 e. The second-order valence-electron chi connectivity index (χ2n) is 7.25. The highest BCUT2D eigenvalue weighted by molar-refractivity contribution is 6.04. The molecule has 9 nitrogen and oxygen atoms in total. The maximum atomic E-state index is 12.9. The number of ether oxygens (including phenoxy) is 3. The van der Waals surface area contributed by atoms with E-state index in [1.165, 1.54) is 4.90 Å². The molecule has 3 N–H and O–H groups in total. The molecule has 3 unspecified atom stereocenters. The molecule has 3 rings (SSSR count). The fourth-order valence-corrected chi connectivity index (χ4v) is 3.92. The summed E-state index contributed by atoms with van der Waals surface area (Å²) in [6, 6.07) is 6.27. The average Bonchev–Trinajstić information content (AvgIpc) is 3.22. The van der Waals surface area contributed by atoms with E-state index in [4.69, 9.17) is 25.4 Å². The predicted molar refractivity (Wildman–Crippen MR) is 105 cm³/mol. The number of nitrogens with one attached hydrogen (secondary N) is 1. The van der Waals surface area contributed by atoms with Crippen LogP contribution in [0.3, 0.4) is 0 Å². The number of hydrogen-bond donors (Lipinski definition) is 2. The fraction of sp³-hybridized carbons (Fsp3) is 0.550. The van der Waals surface area contributed by atoms with Crippen LogP contribution in [0.15, 0.2) is 24.3 Å². The van der Waals surface area contributed by atoms with Crippen LogP contribution in [0.25, 0.3) is 0 Å². The second kappa shape index (κ2) is 8.89. The highest BCUT2D eigenvalue weighted by Gasteiger charge is 2.47. The van der Waals surface area contributed by atoms with Gasteiger partial charge in [-0.2, -0.15) is 0 Å². The molecule has 2 fully saturated rings. The number of methoxy groups -OCH3 is 2. The Bertz CT molecular complexity index is 769. The fourth-order valence-electron chi connectivity index (χ4n) is 3.92. The van der Waals surface area contributed by atoms with Crippen LogP contribution in [0.5, 0.6) is 0 Å². The number of rotatable bonds is 8. The maximum absolute atomic E-state index is 12.9. The van der Waals surface area contributed by atoms with Gasteiger partial charge in [-0.05, 0) is 12.5 Å². The molecule has 0 radical (unpaired) electrons. The lowest BCUT2D eigenvalue weighted by molar-refractivity contribution is -0.193. The molecular formula is C20H28N4O5. The molecule has 0 aromatic heterocycles. The standard InChI is InChI=1S/C20H28N4O5/c1-4-23-18(25)15(9-12-5-7-13(8-6-12)17(21)22)24(20(23)26)11-14-10-16(27-2)29-19(14)28-3/h5-8,14-16,19H,4,9-11H2,1-3H3,(H3,21,22)/t14?,15-,16?,19?/m0/s1. The molecule has 0 saturated carbocycles. The summed E-state index contributed by atoms with van der Waals surface area (Å²) in [6.45, 7) is 2.45. The third-order valence-electron chi connectivity index (χ3n) is 5.51. The topological polar surface area (TPSA) is 118 Å². The van der Waals surface area contributed by atoms with Crippen molar-refractivity contribution in [3.63, 3.8) is 0 Å². The summed E-state index contributed by atoms with van der Waals surface area (Å²) in [5.41, 5.74) is 7.01. The number of nitrogens with two attached hydrogens (primary N) is 1. The van der Waals surface area contributed by atoms with E-state index in [-0.39, 0.29) is 23.7 Å². The van der Waals surface area contributed by atoms with Crippen molar-refractivity contribution >= 4 is 17.8 Å². The van der Waals surface area contributed by atoms with Crippen LogP contribution in [0, 0.1) is 11.3 Å². The summed E-state index contributed by atoms with van der Waals surface area (Å²) in [5.74, 6) is -0.313. The number of carbonyl (C=O) groups is 2. The zero-order valence-electron chi connectivity index (χ0n) is 17.0. The molecule has 158 valence electrons. The Morgan fingerprint density at radius 2 is 1.93 bits per heavy atom. The molecule has 2 saturated heterocycles. The summed E-state index contributed by atoms with van der Waals surface area (Å²) in [5, 5.41) is 7.50. The maximum Gasteiger partial charge on any atom is 0.327 e.